The molecule has 7 nitrogen and oxygen atoms in total. The lowest BCUT2D eigenvalue weighted by Gasteiger charge is -2.27. The van der Waals surface area contributed by atoms with Crippen LogP contribution in [-0.4, -0.2) is 32.6 Å². The fraction of sp³-hybridized carbons (Fsp3) is 0.240. The molecule has 0 saturated heterocycles. The molecule has 0 atom stereocenters. The van der Waals surface area contributed by atoms with Crippen molar-refractivity contribution in [1.29, 1.82) is 0 Å². The van der Waals surface area contributed by atoms with Crippen molar-refractivity contribution in [1.82, 2.24) is 14.6 Å². The smallest absolute Gasteiger partial charge is 0.255 e. The van der Waals surface area contributed by atoms with Crippen LogP contribution in [-0.2, 0) is 0 Å². The van der Waals surface area contributed by atoms with E-state index in [9.17, 15) is 4.79 Å². The summed E-state index contributed by atoms with van der Waals surface area (Å²) in [6.07, 6.45) is 6.00. The van der Waals surface area contributed by atoms with Crippen molar-refractivity contribution in [3.05, 3.63) is 78.5 Å². The molecule has 0 aliphatic heterocycles. The van der Waals surface area contributed by atoms with Crippen LogP contribution in [0, 0.1) is 0 Å². The highest BCUT2D eigenvalue weighted by atomic mass is 16.1. The maximum atomic E-state index is 12.5. The van der Waals surface area contributed by atoms with Crippen LogP contribution in [0.25, 0.3) is 16.9 Å². The number of aromatic nitrogens is 3. The lowest BCUT2D eigenvalue weighted by molar-refractivity contribution is 0.102. The first-order valence-electron chi connectivity index (χ1n) is 11.0. The highest BCUT2D eigenvalue weighted by molar-refractivity contribution is 6.04. The van der Waals surface area contributed by atoms with E-state index in [2.05, 4.69) is 15.6 Å². The van der Waals surface area contributed by atoms with Gasteiger partial charge in [0.2, 0.25) is 0 Å². The summed E-state index contributed by atoms with van der Waals surface area (Å²) in [7, 11) is 0. The second-order valence-electron chi connectivity index (χ2n) is 8.29. The molecule has 2 heterocycles. The third-order valence-electron chi connectivity index (χ3n) is 5.94. The number of nitrogens with one attached hydrogen (secondary N) is 2. The molecule has 0 radical (unpaired) electrons. The molecule has 0 spiro atoms. The van der Waals surface area contributed by atoms with Crippen LogP contribution in [0.5, 0.6) is 0 Å². The number of nitrogens with zero attached hydrogens (tertiary/aromatic N) is 3. The van der Waals surface area contributed by atoms with E-state index in [1.165, 1.54) is 0 Å². The van der Waals surface area contributed by atoms with Gasteiger partial charge in [-0.1, -0.05) is 30.3 Å². The Morgan fingerprint density at radius 3 is 2.59 bits per heavy atom. The van der Waals surface area contributed by atoms with Crippen LogP contribution in [0.4, 0.5) is 11.5 Å². The van der Waals surface area contributed by atoms with Gasteiger partial charge in [-0.15, -0.1) is 5.10 Å². The third kappa shape index (κ3) is 4.33. The average molecular weight is 427 g/mol. The monoisotopic (exact) mass is 426 g/mol. The summed E-state index contributed by atoms with van der Waals surface area (Å²) in [6, 6.07) is 21.6. The first-order chi connectivity index (χ1) is 15.7. The summed E-state index contributed by atoms with van der Waals surface area (Å²) in [5.41, 5.74) is 9.94. The molecule has 4 N–H and O–H groups in total. The zero-order chi connectivity index (χ0) is 21.9. The summed E-state index contributed by atoms with van der Waals surface area (Å²) >= 11 is 0. The topological polar surface area (TPSA) is 97.3 Å². The Balaban J connectivity index is 1.38. The van der Waals surface area contributed by atoms with Crippen molar-refractivity contribution in [3.8, 4) is 11.3 Å². The first kappa shape index (κ1) is 20.2. The number of carbonyl (C=O) groups is 1. The van der Waals surface area contributed by atoms with Crippen molar-refractivity contribution < 1.29 is 4.79 Å². The Morgan fingerprint density at radius 1 is 0.969 bits per heavy atom. The number of anilines is 2. The Morgan fingerprint density at radius 2 is 1.78 bits per heavy atom. The second kappa shape index (κ2) is 8.80. The van der Waals surface area contributed by atoms with Gasteiger partial charge in [0.25, 0.3) is 5.91 Å². The van der Waals surface area contributed by atoms with Crippen molar-refractivity contribution in [2.24, 2.45) is 5.73 Å². The minimum absolute atomic E-state index is 0.141. The lowest BCUT2D eigenvalue weighted by atomic mass is 9.92. The van der Waals surface area contributed by atoms with Gasteiger partial charge in [-0.2, -0.15) is 0 Å². The molecule has 0 bridgehead atoms. The number of imidazole rings is 1. The summed E-state index contributed by atoms with van der Waals surface area (Å²) in [6.45, 7) is 0. The van der Waals surface area contributed by atoms with Gasteiger partial charge in [0.1, 0.15) is 5.82 Å². The Bertz CT molecular complexity index is 1230. The summed E-state index contributed by atoms with van der Waals surface area (Å²) < 4.78 is 1.84. The molecule has 2 aromatic carbocycles. The number of hydrogen-bond acceptors (Lipinski definition) is 5. The molecule has 1 fully saturated rings. The molecule has 2 aromatic heterocycles. The number of fused-ring (bicyclic) bond motifs is 1. The fourth-order valence-electron chi connectivity index (χ4n) is 4.17. The van der Waals surface area contributed by atoms with E-state index in [0.29, 0.717) is 17.6 Å². The Hall–Kier alpha value is -3.71. The van der Waals surface area contributed by atoms with Gasteiger partial charge in [-0.05, 0) is 62.1 Å². The number of amides is 1. The van der Waals surface area contributed by atoms with Crippen molar-refractivity contribution in [2.75, 3.05) is 10.6 Å². The molecule has 1 saturated carbocycles. The molecule has 1 aliphatic carbocycles. The van der Waals surface area contributed by atoms with Crippen LogP contribution in [0.2, 0.25) is 0 Å². The summed E-state index contributed by atoms with van der Waals surface area (Å²) in [4.78, 5) is 17.0. The van der Waals surface area contributed by atoms with Gasteiger partial charge in [-0.3, -0.25) is 4.79 Å². The zero-order valence-electron chi connectivity index (χ0n) is 17.7. The van der Waals surface area contributed by atoms with Gasteiger partial charge < -0.3 is 16.4 Å². The molecular weight excluding hydrogens is 400 g/mol. The number of hydrogen-bond donors (Lipinski definition) is 3. The number of nitrogens with two attached hydrogens (primary N) is 1. The molecule has 5 rings (SSSR count). The first-order valence-corrected chi connectivity index (χ1v) is 11.0. The van der Waals surface area contributed by atoms with E-state index in [1.807, 2.05) is 65.3 Å². The van der Waals surface area contributed by atoms with Gasteiger partial charge in [0, 0.05) is 28.9 Å². The third-order valence-corrected chi connectivity index (χ3v) is 5.94. The molecule has 1 aliphatic rings. The molecule has 4 aromatic rings. The van der Waals surface area contributed by atoms with Crippen LogP contribution >= 0.6 is 0 Å². The van der Waals surface area contributed by atoms with Gasteiger partial charge in [-0.25, -0.2) is 9.50 Å². The molecule has 32 heavy (non-hydrogen) atoms. The van der Waals surface area contributed by atoms with E-state index in [4.69, 9.17) is 10.8 Å². The normalized spacial score (nSPS) is 18.4. The molecule has 162 valence electrons. The molecule has 7 heteroatoms. The summed E-state index contributed by atoms with van der Waals surface area (Å²) in [5.74, 6) is 0.684. The minimum Gasteiger partial charge on any atom is -0.366 e. The maximum absolute atomic E-state index is 12.5. The largest absolute Gasteiger partial charge is 0.366 e. The van der Waals surface area contributed by atoms with Crippen molar-refractivity contribution >= 4 is 23.1 Å². The molecule has 0 unspecified atom stereocenters. The Kier molecular flexibility index (Phi) is 5.56. The second-order valence-corrected chi connectivity index (χ2v) is 8.29. The fourth-order valence-corrected chi connectivity index (χ4v) is 4.17. The van der Waals surface area contributed by atoms with Crippen LogP contribution < -0.4 is 16.4 Å². The van der Waals surface area contributed by atoms with E-state index < -0.39 is 0 Å². The quantitative estimate of drug-likeness (QED) is 0.441. The highest BCUT2D eigenvalue weighted by Gasteiger charge is 2.19. The number of carbonyl (C=O) groups excluding carboxylic acids is 1. The van der Waals surface area contributed by atoms with Crippen LogP contribution in [0.3, 0.4) is 0 Å². The zero-order valence-corrected chi connectivity index (χ0v) is 17.7. The molecular formula is C25H26N6O. The van der Waals surface area contributed by atoms with E-state index in [1.54, 1.807) is 12.1 Å². The summed E-state index contributed by atoms with van der Waals surface area (Å²) in [5, 5.41) is 11.3. The highest BCUT2D eigenvalue weighted by Crippen LogP contribution is 2.25. The van der Waals surface area contributed by atoms with Gasteiger partial charge >= 0.3 is 0 Å². The van der Waals surface area contributed by atoms with Crippen molar-refractivity contribution in [3.63, 3.8) is 0 Å². The van der Waals surface area contributed by atoms with Crippen LogP contribution in [0.1, 0.15) is 36.0 Å². The Labute approximate surface area is 186 Å². The van der Waals surface area contributed by atoms with Crippen molar-refractivity contribution in [2.45, 2.75) is 37.8 Å². The van der Waals surface area contributed by atoms with E-state index in [0.717, 1.165) is 54.1 Å². The standard InChI is InChI=1S/C25H26N6O/c26-19-9-11-20(12-10-19)28-23-13-14-24-27-16-22(31(24)30-23)18-7-4-8-21(15-18)29-25(32)17-5-2-1-3-6-17/h1-8,13-16,19-20H,9-12,26H2,(H,28,30)(H,29,32)/t19-,20-. The minimum atomic E-state index is -0.141. The SMILES string of the molecule is N[C@H]1CC[C@H](Nc2ccc3ncc(-c4cccc(NC(=O)c5ccccc5)c4)n3n2)CC1. The number of benzene rings is 2. The van der Waals surface area contributed by atoms with Gasteiger partial charge in [0.15, 0.2) is 5.65 Å². The molecule has 1 amide bonds. The van der Waals surface area contributed by atoms with E-state index in [-0.39, 0.29) is 5.91 Å². The predicted octanol–water partition coefficient (Wildman–Crippen LogP) is 4.33. The van der Waals surface area contributed by atoms with Crippen LogP contribution in [0.15, 0.2) is 72.9 Å². The maximum Gasteiger partial charge on any atom is 0.255 e. The van der Waals surface area contributed by atoms with E-state index >= 15 is 0 Å². The average Bonchev–Trinajstić information content (AvgIpc) is 3.25. The van der Waals surface area contributed by atoms with Gasteiger partial charge in [0.05, 0.1) is 11.9 Å². The lowest BCUT2D eigenvalue weighted by Crippen LogP contribution is -2.33. The number of rotatable bonds is 5. The predicted molar refractivity (Wildman–Crippen MR) is 127 cm³/mol.